The molecule has 1 aliphatic carbocycles. The number of nitrogens with two attached hydrogens (primary N) is 1. The van der Waals surface area contributed by atoms with Crippen LogP contribution in [0, 0.1) is 13.8 Å². The lowest BCUT2D eigenvalue weighted by Crippen LogP contribution is -2.51. The molecule has 0 aromatic heterocycles. The summed E-state index contributed by atoms with van der Waals surface area (Å²) >= 11 is 0. The molecule has 0 atom stereocenters. The highest BCUT2D eigenvalue weighted by atomic mass is 32.2. The summed E-state index contributed by atoms with van der Waals surface area (Å²) < 4.78 is 25.1. The van der Waals surface area contributed by atoms with Crippen LogP contribution >= 0.6 is 0 Å². The minimum Gasteiger partial charge on any atom is -0.353 e. The number of aryl methyl sites for hydroxylation is 2. The molecule has 0 bridgehead atoms. The van der Waals surface area contributed by atoms with Crippen LogP contribution in [-0.4, -0.2) is 32.2 Å². The van der Waals surface area contributed by atoms with Crippen molar-refractivity contribution in [2.45, 2.75) is 49.2 Å². The third-order valence-electron chi connectivity index (χ3n) is 4.40. The van der Waals surface area contributed by atoms with Gasteiger partial charge in [0, 0.05) is 13.1 Å². The molecule has 1 saturated carbocycles. The van der Waals surface area contributed by atoms with Crippen LogP contribution in [0.25, 0.3) is 0 Å². The minimum atomic E-state index is -3.74. The van der Waals surface area contributed by atoms with Crippen molar-refractivity contribution in [3.63, 3.8) is 0 Å². The molecular formula is C16H24N2O3S. The minimum absolute atomic E-state index is 0.275. The van der Waals surface area contributed by atoms with E-state index in [0.29, 0.717) is 31.5 Å². The van der Waals surface area contributed by atoms with E-state index >= 15 is 0 Å². The second-order valence-corrected chi connectivity index (χ2v) is 8.25. The number of rotatable bonds is 5. The van der Waals surface area contributed by atoms with Gasteiger partial charge in [0.05, 0.1) is 4.90 Å². The normalized spacial score (nSPS) is 17.4. The lowest BCUT2D eigenvalue weighted by Gasteiger charge is -2.28. The third-order valence-corrected chi connectivity index (χ3v) is 7.04. The maximum absolute atomic E-state index is 13.2. The van der Waals surface area contributed by atoms with Crippen molar-refractivity contribution in [3.8, 4) is 0 Å². The molecule has 1 aromatic carbocycles. The molecule has 0 saturated heterocycles. The first-order valence-corrected chi connectivity index (χ1v) is 9.14. The molecule has 122 valence electrons. The van der Waals surface area contributed by atoms with Crippen LogP contribution in [0.1, 0.15) is 36.8 Å². The van der Waals surface area contributed by atoms with Gasteiger partial charge in [0.25, 0.3) is 0 Å². The summed E-state index contributed by atoms with van der Waals surface area (Å²) in [4.78, 5) is 12.9. The van der Waals surface area contributed by atoms with Crippen molar-refractivity contribution in [1.29, 1.82) is 0 Å². The second-order valence-electron chi connectivity index (χ2n) is 6.02. The quantitative estimate of drug-likeness (QED) is 0.858. The molecule has 2 rings (SSSR count). The summed E-state index contributed by atoms with van der Waals surface area (Å²) in [6.45, 7) is 4.22. The van der Waals surface area contributed by atoms with Gasteiger partial charge in [-0.05, 0) is 43.9 Å². The smallest absolute Gasteiger partial charge is 0.241 e. The maximum Gasteiger partial charge on any atom is 0.241 e. The van der Waals surface area contributed by atoms with Gasteiger partial charge in [-0.2, -0.15) is 0 Å². The topological polar surface area (TPSA) is 89.3 Å². The fraction of sp³-hybridized carbons (Fsp3) is 0.562. The van der Waals surface area contributed by atoms with E-state index in [1.807, 2.05) is 13.0 Å². The van der Waals surface area contributed by atoms with Crippen LogP contribution in [0.4, 0.5) is 0 Å². The molecule has 6 heteroatoms. The molecule has 5 nitrogen and oxygen atoms in total. The molecule has 22 heavy (non-hydrogen) atoms. The Morgan fingerprint density at radius 3 is 2.50 bits per heavy atom. The summed E-state index contributed by atoms with van der Waals surface area (Å²) in [5.41, 5.74) is 6.98. The van der Waals surface area contributed by atoms with Crippen LogP contribution in [0.5, 0.6) is 0 Å². The zero-order valence-electron chi connectivity index (χ0n) is 13.2. The number of benzene rings is 1. The van der Waals surface area contributed by atoms with Crippen molar-refractivity contribution < 1.29 is 13.2 Å². The van der Waals surface area contributed by atoms with Crippen LogP contribution < -0.4 is 11.1 Å². The number of hydrogen-bond donors (Lipinski definition) is 2. The van der Waals surface area contributed by atoms with Gasteiger partial charge in [-0.15, -0.1) is 0 Å². The van der Waals surface area contributed by atoms with Crippen LogP contribution in [0.15, 0.2) is 23.1 Å². The van der Waals surface area contributed by atoms with Gasteiger partial charge in [-0.3, -0.25) is 4.79 Å². The molecule has 1 fully saturated rings. The highest BCUT2D eigenvalue weighted by Gasteiger charge is 2.53. The lowest BCUT2D eigenvalue weighted by atomic mass is 10.1. The molecule has 1 aromatic rings. The Bertz CT molecular complexity index is 662. The zero-order chi connectivity index (χ0) is 16.4. The van der Waals surface area contributed by atoms with E-state index in [4.69, 9.17) is 5.73 Å². The van der Waals surface area contributed by atoms with Crippen LogP contribution in [-0.2, 0) is 14.6 Å². The van der Waals surface area contributed by atoms with Gasteiger partial charge in [0.1, 0.15) is 0 Å². The van der Waals surface area contributed by atoms with Crippen molar-refractivity contribution in [2.75, 3.05) is 13.1 Å². The van der Waals surface area contributed by atoms with Crippen molar-refractivity contribution >= 4 is 15.7 Å². The number of carbonyl (C=O) groups excluding carboxylic acids is 1. The predicted octanol–water partition coefficient (Wildman–Crippen LogP) is 1.46. The van der Waals surface area contributed by atoms with Crippen molar-refractivity contribution in [2.24, 2.45) is 5.73 Å². The van der Waals surface area contributed by atoms with Gasteiger partial charge in [-0.1, -0.05) is 25.0 Å². The lowest BCUT2D eigenvalue weighted by molar-refractivity contribution is -0.123. The van der Waals surface area contributed by atoms with Crippen molar-refractivity contribution in [3.05, 3.63) is 29.3 Å². The summed E-state index contributed by atoms with van der Waals surface area (Å²) in [7, 11) is -3.74. The number of amides is 1. The Hall–Kier alpha value is -1.40. The zero-order valence-corrected chi connectivity index (χ0v) is 14.0. The monoisotopic (exact) mass is 324 g/mol. The average Bonchev–Trinajstić information content (AvgIpc) is 2.98. The predicted molar refractivity (Wildman–Crippen MR) is 86.4 cm³/mol. The third kappa shape index (κ3) is 2.77. The Balaban J connectivity index is 2.51. The summed E-state index contributed by atoms with van der Waals surface area (Å²) in [5.74, 6) is -0.406. The number of sulfone groups is 1. The van der Waals surface area contributed by atoms with E-state index in [9.17, 15) is 13.2 Å². The van der Waals surface area contributed by atoms with E-state index in [-0.39, 0.29) is 4.90 Å². The van der Waals surface area contributed by atoms with E-state index in [2.05, 4.69) is 5.32 Å². The fourth-order valence-electron chi connectivity index (χ4n) is 3.12. The number of nitrogens with one attached hydrogen (secondary N) is 1. The van der Waals surface area contributed by atoms with Gasteiger partial charge in [0.2, 0.25) is 5.91 Å². The fourth-order valence-corrected chi connectivity index (χ4v) is 5.51. The second kappa shape index (κ2) is 6.38. The Kier molecular flexibility index (Phi) is 4.92. The average molecular weight is 324 g/mol. The van der Waals surface area contributed by atoms with E-state index in [0.717, 1.165) is 18.4 Å². The summed E-state index contributed by atoms with van der Waals surface area (Å²) in [6.07, 6.45) is 2.25. The molecule has 0 radical (unpaired) electrons. The molecular weight excluding hydrogens is 300 g/mol. The van der Waals surface area contributed by atoms with Crippen molar-refractivity contribution in [1.82, 2.24) is 5.32 Å². The van der Waals surface area contributed by atoms with E-state index in [1.165, 1.54) is 0 Å². The number of carbonyl (C=O) groups is 1. The Morgan fingerprint density at radius 2 is 1.91 bits per heavy atom. The molecule has 0 aliphatic heterocycles. The van der Waals surface area contributed by atoms with Gasteiger partial charge < -0.3 is 11.1 Å². The first kappa shape index (κ1) is 17.0. The maximum atomic E-state index is 13.2. The molecule has 0 unspecified atom stereocenters. The molecule has 0 spiro atoms. The highest BCUT2D eigenvalue weighted by Crippen LogP contribution is 2.41. The molecule has 3 N–H and O–H groups in total. The number of hydrogen-bond acceptors (Lipinski definition) is 4. The summed E-state index contributed by atoms with van der Waals surface area (Å²) in [5, 5.41) is 2.68. The standard InChI is InChI=1S/C16H24N2O3S/c1-12-5-6-13(2)14(11-12)22(20,21)16(7-3-4-8-16)15(19)18-10-9-17/h5-6,11H,3-4,7-10,17H2,1-2H3,(H,18,19). The highest BCUT2D eigenvalue weighted by molar-refractivity contribution is 7.93. The Labute approximate surface area is 132 Å². The van der Waals surface area contributed by atoms with Gasteiger partial charge >= 0.3 is 0 Å². The molecule has 0 heterocycles. The van der Waals surface area contributed by atoms with E-state index < -0.39 is 20.5 Å². The van der Waals surface area contributed by atoms with Gasteiger partial charge in [0.15, 0.2) is 14.6 Å². The van der Waals surface area contributed by atoms with Crippen LogP contribution in [0.3, 0.4) is 0 Å². The summed E-state index contributed by atoms with van der Waals surface area (Å²) in [6, 6.07) is 5.34. The largest absolute Gasteiger partial charge is 0.353 e. The first-order chi connectivity index (χ1) is 10.3. The van der Waals surface area contributed by atoms with E-state index in [1.54, 1.807) is 19.1 Å². The Morgan fingerprint density at radius 1 is 1.27 bits per heavy atom. The molecule has 1 aliphatic rings. The SMILES string of the molecule is Cc1ccc(C)c(S(=O)(=O)C2(C(=O)NCCN)CCCC2)c1. The molecule has 1 amide bonds. The first-order valence-electron chi connectivity index (χ1n) is 7.65. The van der Waals surface area contributed by atoms with Gasteiger partial charge in [-0.25, -0.2) is 8.42 Å². The van der Waals surface area contributed by atoms with Crippen LogP contribution in [0.2, 0.25) is 0 Å².